The van der Waals surface area contributed by atoms with Gasteiger partial charge in [-0.05, 0) is 71.1 Å². The highest BCUT2D eigenvalue weighted by atomic mass is 16.7. The lowest BCUT2D eigenvalue weighted by Gasteiger charge is -2.49. The number of anilines is 1. The van der Waals surface area contributed by atoms with Crippen LogP contribution in [0.1, 0.15) is 59.6 Å². The number of piperidine rings is 1. The molecule has 0 radical (unpaired) electrons. The number of methoxy groups -OCH3 is 1. The zero-order chi connectivity index (χ0) is 27.6. The number of nitrogens with one attached hydrogen (secondary N) is 2. The van der Waals surface area contributed by atoms with Gasteiger partial charge in [-0.15, -0.1) is 10.2 Å². The van der Waals surface area contributed by atoms with Crippen molar-refractivity contribution in [3.05, 3.63) is 36.8 Å². The van der Waals surface area contributed by atoms with Crippen LogP contribution < -0.4 is 15.4 Å². The van der Waals surface area contributed by atoms with E-state index in [1.165, 1.54) is 0 Å². The van der Waals surface area contributed by atoms with Crippen LogP contribution in [-0.2, 0) is 9.47 Å². The number of hydrogen-bond acceptors (Lipinski definition) is 10. The van der Waals surface area contributed by atoms with Crippen molar-refractivity contribution in [3.63, 3.8) is 0 Å². The summed E-state index contributed by atoms with van der Waals surface area (Å²) in [6.45, 7) is 9.09. The topological polar surface area (TPSA) is 128 Å². The van der Waals surface area contributed by atoms with Crippen LogP contribution in [-0.4, -0.2) is 73.8 Å². The third kappa shape index (κ3) is 6.22. The number of hydrogen-bond donors (Lipinski definition) is 3. The van der Waals surface area contributed by atoms with E-state index in [1.54, 1.807) is 13.3 Å². The van der Waals surface area contributed by atoms with Gasteiger partial charge < -0.3 is 30.0 Å². The van der Waals surface area contributed by atoms with Crippen molar-refractivity contribution < 1.29 is 19.3 Å². The summed E-state index contributed by atoms with van der Waals surface area (Å²) >= 11 is 0. The molecule has 1 aromatic carbocycles. The molecule has 11 heteroatoms. The molecule has 3 aromatic rings. The minimum Gasteiger partial charge on any atom is -0.467 e. The number of benzene rings is 1. The minimum atomic E-state index is -0.621. The molecule has 3 N–H and O–H groups in total. The van der Waals surface area contributed by atoms with Crippen molar-refractivity contribution in [1.29, 1.82) is 0 Å². The SMILES string of the molecule is COCOc1cc(-c2cnn(C3CCCCO3)c2)ccc1-c1cnc(N[C@H]2CC(C)(C)NC(C)(C)[C@H]2O)nn1. The highest BCUT2D eigenvalue weighted by Crippen LogP contribution is 2.35. The Morgan fingerprint density at radius 3 is 2.72 bits per heavy atom. The maximum Gasteiger partial charge on any atom is 0.243 e. The molecule has 2 fully saturated rings. The molecule has 0 spiro atoms. The van der Waals surface area contributed by atoms with Gasteiger partial charge in [0.15, 0.2) is 6.79 Å². The molecule has 2 aromatic heterocycles. The largest absolute Gasteiger partial charge is 0.467 e. The van der Waals surface area contributed by atoms with Crippen molar-refractivity contribution in [1.82, 2.24) is 30.3 Å². The Morgan fingerprint density at radius 2 is 2.00 bits per heavy atom. The van der Waals surface area contributed by atoms with E-state index in [1.807, 2.05) is 49.1 Å². The van der Waals surface area contributed by atoms with Crippen LogP contribution in [0.3, 0.4) is 0 Å². The van der Waals surface area contributed by atoms with Crippen molar-refractivity contribution in [2.75, 3.05) is 25.8 Å². The second-order valence-electron chi connectivity index (χ2n) is 11.6. The van der Waals surface area contributed by atoms with Crippen molar-refractivity contribution >= 4 is 5.95 Å². The zero-order valence-corrected chi connectivity index (χ0v) is 23.3. The maximum atomic E-state index is 10.9. The van der Waals surface area contributed by atoms with Crippen LogP contribution in [0.15, 0.2) is 36.8 Å². The fraction of sp³-hybridized carbons (Fsp3) is 0.571. The van der Waals surface area contributed by atoms with E-state index in [0.29, 0.717) is 23.8 Å². The first-order valence-corrected chi connectivity index (χ1v) is 13.5. The third-order valence-electron chi connectivity index (χ3n) is 7.36. The molecule has 1 unspecified atom stereocenters. The molecule has 0 aliphatic carbocycles. The monoisotopic (exact) mass is 537 g/mol. The molecule has 3 atom stereocenters. The number of aliphatic hydroxyl groups is 1. The summed E-state index contributed by atoms with van der Waals surface area (Å²) in [5.41, 5.74) is 2.63. The second-order valence-corrected chi connectivity index (χ2v) is 11.6. The van der Waals surface area contributed by atoms with Gasteiger partial charge in [-0.25, -0.2) is 9.67 Å². The van der Waals surface area contributed by atoms with Gasteiger partial charge in [0.1, 0.15) is 17.7 Å². The van der Waals surface area contributed by atoms with Crippen LogP contribution in [0, 0.1) is 0 Å². The van der Waals surface area contributed by atoms with Gasteiger partial charge in [0.05, 0.1) is 24.5 Å². The Labute approximate surface area is 229 Å². The predicted molar refractivity (Wildman–Crippen MR) is 147 cm³/mol. The van der Waals surface area contributed by atoms with Crippen LogP contribution >= 0.6 is 0 Å². The van der Waals surface area contributed by atoms with Crippen molar-refractivity contribution in [2.45, 2.75) is 82.8 Å². The molecule has 2 saturated heterocycles. The van der Waals surface area contributed by atoms with E-state index in [4.69, 9.17) is 14.2 Å². The molecular weight excluding hydrogens is 498 g/mol. The Kier molecular flexibility index (Phi) is 7.86. The molecule has 5 rings (SSSR count). The number of rotatable bonds is 8. The van der Waals surface area contributed by atoms with E-state index in [9.17, 15) is 5.11 Å². The van der Waals surface area contributed by atoms with Gasteiger partial charge >= 0.3 is 0 Å². The number of aromatic nitrogens is 5. The molecule has 4 heterocycles. The summed E-state index contributed by atoms with van der Waals surface area (Å²) in [6.07, 6.45) is 8.77. The molecule has 0 saturated carbocycles. The van der Waals surface area contributed by atoms with Gasteiger partial charge in [-0.3, -0.25) is 0 Å². The zero-order valence-electron chi connectivity index (χ0n) is 23.3. The first-order valence-electron chi connectivity index (χ1n) is 13.5. The molecule has 2 aliphatic heterocycles. The van der Waals surface area contributed by atoms with Crippen LogP contribution in [0.25, 0.3) is 22.4 Å². The summed E-state index contributed by atoms with van der Waals surface area (Å²) in [7, 11) is 1.58. The quantitative estimate of drug-likeness (QED) is 0.365. The number of nitrogens with zero attached hydrogens (tertiary/aromatic N) is 5. The average Bonchev–Trinajstić information content (AvgIpc) is 3.41. The Balaban J connectivity index is 1.35. The Hall–Kier alpha value is -3.12. The lowest BCUT2D eigenvalue weighted by Crippen LogP contribution is -2.68. The summed E-state index contributed by atoms with van der Waals surface area (Å²) in [4.78, 5) is 4.51. The highest BCUT2D eigenvalue weighted by molar-refractivity contribution is 5.74. The summed E-state index contributed by atoms with van der Waals surface area (Å²) in [5, 5.41) is 31.0. The third-order valence-corrected chi connectivity index (χ3v) is 7.36. The van der Waals surface area contributed by atoms with Crippen LogP contribution in [0.2, 0.25) is 0 Å². The standard InChI is InChI=1S/C28H39N7O4/c1-27(2)13-21(25(36)28(3,4)34-27)31-26-29-15-22(32-33-26)20-10-9-18(12-23(20)39-17-37-5)19-14-30-35(16-19)24-8-6-7-11-38-24/h9-10,12,14-16,21,24-25,34,36H,6-8,11,13,17H2,1-5H3,(H,29,31,33)/t21-,24?,25-/m0/s1. The first kappa shape index (κ1) is 27.4. The number of aliphatic hydroxyl groups excluding tert-OH is 1. The Morgan fingerprint density at radius 1 is 1.15 bits per heavy atom. The fourth-order valence-electron chi connectivity index (χ4n) is 5.65. The first-order chi connectivity index (χ1) is 18.6. The van der Waals surface area contributed by atoms with Gasteiger partial charge in [-0.2, -0.15) is 5.10 Å². The minimum absolute atomic E-state index is 0.0208. The fourth-order valence-corrected chi connectivity index (χ4v) is 5.65. The number of ether oxygens (including phenoxy) is 3. The molecule has 39 heavy (non-hydrogen) atoms. The lowest BCUT2D eigenvalue weighted by molar-refractivity contribution is -0.0394. The second kappa shape index (κ2) is 11.2. The molecule has 0 bridgehead atoms. The van der Waals surface area contributed by atoms with Gasteiger partial charge in [0.2, 0.25) is 5.95 Å². The van der Waals surface area contributed by atoms with E-state index in [2.05, 4.69) is 44.8 Å². The van der Waals surface area contributed by atoms with E-state index in [-0.39, 0.29) is 24.6 Å². The average molecular weight is 538 g/mol. The van der Waals surface area contributed by atoms with Gasteiger partial charge in [0, 0.05) is 42.1 Å². The molecule has 210 valence electrons. The molecule has 0 amide bonds. The Bertz CT molecular complexity index is 1260. The maximum absolute atomic E-state index is 10.9. The predicted octanol–water partition coefficient (Wildman–Crippen LogP) is 3.78. The summed E-state index contributed by atoms with van der Waals surface area (Å²) < 4.78 is 18.8. The van der Waals surface area contributed by atoms with Crippen molar-refractivity contribution in [2.24, 2.45) is 0 Å². The van der Waals surface area contributed by atoms with Gasteiger partial charge in [0.25, 0.3) is 0 Å². The molecular formula is C28H39N7O4. The smallest absolute Gasteiger partial charge is 0.243 e. The molecule has 11 nitrogen and oxygen atoms in total. The highest BCUT2D eigenvalue weighted by Gasteiger charge is 2.45. The van der Waals surface area contributed by atoms with Crippen molar-refractivity contribution in [3.8, 4) is 28.1 Å². The van der Waals surface area contributed by atoms with Crippen LogP contribution in [0.4, 0.5) is 5.95 Å². The van der Waals surface area contributed by atoms with E-state index in [0.717, 1.165) is 42.6 Å². The summed E-state index contributed by atoms with van der Waals surface area (Å²) in [5.74, 6) is 0.967. The van der Waals surface area contributed by atoms with E-state index < -0.39 is 11.6 Å². The summed E-state index contributed by atoms with van der Waals surface area (Å²) in [6, 6.07) is 5.67. The van der Waals surface area contributed by atoms with Crippen LogP contribution in [0.5, 0.6) is 5.75 Å². The van der Waals surface area contributed by atoms with E-state index >= 15 is 0 Å². The molecule has 2 aliphatic rings. The van der Waals surface area contributed by atoms with Gasteiger partial charge in [-0.1, -0.05) is 6.07 Å². The lowest BCUT2D eigenvalue weighted by atomic mass is 9.77. The normalized spacial score (nSPS) is 24.3.